The van der Waals surface area contributed by atoms with Crippen LogP contribution in [-0.2, 0) is 28.6 Å². The van der Waals surface area contributed by atoms with Gasteiger partial charge in [-0.25, -0.2) is 0 Å². The Bertz CT molecular complexity index is 1170. The maximum absolute atomic E-state index is 12.9. The van der Waals surface area contributed by atoms with E-state index in [1.54, 1.807) is 0 Å². The van der Waals surface area contributed by atoms with Crippen LogP contribution in [0.2, 0.25) is 0 Å². The number of carbonyl (C=O) groups excluding carboxylic acids is 3. The highest BCUT2D eigenvalue weighted by Gasteiger charge is 2.19. The van der Waals surface area contributed by atoms with E-state index < -0.39 is 6.10 Å². The van der Waals surface area contributed by atoms with Gasteiger partial charge in [-0.1, -0.05) is 341 Å². The highest BCUT2D eigenvalue weighted by molar-refractivity contribution is 5.71. The number of hydrogen-bond acceptors (Lipinski definition) is 6. The minimum absolute atomic E-state index is 0.0659. The first kappa shape index (κ1) is 73.2. The third-order valence-electron chi connectivity index (χ3n) is 15.8. The summed E-state index contributed by atoms with van der Waals surface area (Å²) in [5.74, 6) is -0.843. The van der Waals surface area contributed by atoms with Gasteiger partial charge in [0.25, 0.3) is 0 Å². The van der Waals surface area contributed by atoms with Crippen molar-refractivity contribution < 1.29 is 28.6 Å². The van der Waals surface area contributed by atoms with E-state index in [1.165, 1.54) is 289 Å². The van der Waals surface area contributed by atoms with Gasteiger partial charge in [0.15, 0.2) is 6.10 Å². The van der Waals surface area contributed by atoms with E-state index >= 15 is 0 Å². The number of unbranched alkanes of at least 4 members (excludes halogenated alkanes) is 51. The van der Waals surface area contributed by atoms with E-state index in [9.17, 15) is 14.4 Å². The number of allylic oxidation sites excluding steroid dienone is 2. The molecule has 0 bridgehead atoms. The predicted molar refractivity (Wildman–Crippen MR) is 326 cm³/mol. The molecule has 1 unspecified atom stereocenters. The topological polar surface area (TPSA) is 78.9 Å². The highest BCUT2D eigenvalue weighted by atomic mass is 16.6. The molecule has 0 aromatic heterocycles. The summed E-state index contributed by atoms with van der Waals surface area (Å²) in [4.78, 5) is 38.3. The fourth-order valence-electron chi connectivity index (χ4n) is 10.6. The van der Waals surface area contributed by atoms with E-state index in [1.807, 2.05) is 0 Å². The van der Waals surface area contributed by atoms with Gasteiger partial charge in [-0.05, 0) is 44.9 Å². The van der Waals surface area contributed by atoms with Crippen LogP contribution in [0.3, 0.4) is 0 Å². The Labute approximate surface area is 469 Å². The molecule has 0 fully saturated rings. The molecule has 0 saturated heterocycles. The predicted octanol–water partition coefficient (Wildman–Crippen LogP) is 23.2. The standard InChI is InChI=1S/C69H132O6/c1-4-7-10-13-16-19-22-25-27-29-30-31-32-33-34-35-36-37-38-40-41-44-47-50-53-56-59-62-68(71)74-65-66(64-73-67(70)61-58-55-52-49-46-43-24-21-18-15-12-9-6-3)75-69(72)63-60-57-54-51-48-45-42-39-28-26-23-20-17-14-11-8-5-2/h21,24,66H,4-20,22-23,25-65H2,1-3H3/b24-21-. The third kappa shape index (κ3) is 62.9. The Morgan fingerprint density at radius 1 is 0.253 bits per heavy atom. The van der Waals surface area contributed by atoms with Gasteiger partial charge < -0.3 is 14.2 Å². The zero-order chi connectivity index (χ0) is 54.3. The van der Waals surface area contributed by atoms with Crippen LogP contribution in [0.4, 0.5) is 0 Å². The molecule has 0 N–H and O–H groups in total. The molecule has 75 heavy (non-hydrogen) atoms. The van der Waals surface area contributed by atoms with Gasteiger partial charge in [0.05, 0.1) is 0 Å². The molecule has 0 amide bonds. The van der Waals surface area contributed by atoms with Crippen molar-refractivity contribution in [1.29, 1.82) is 0 Å². The van der Waals surface area contributed by atoms with Crippen molar-refractivity contribution in [2.75, 3.05) is 13.2 Å². The molecule has 0 spiro atoms. The van der Waals surface area contributed by atoms with Gasteiger partial charge >= 0.3 is 17.9 Å². The smallest absolute Gasteiger partial charge is 0.306 e. The molecule has 0 aliphatic carbocycles. The Balaban J connectivity index is 4.17. The lowest BCUT2D eigenvalue weighted by atomic mass is 10.0. The van der Waals surface area contributed by atoms with Crippen LogP contribution in [0.15, 0.2) is 12.2 Å². The second-order valence-corrected chi connectivity index (χ2v) is 23.5. The monoisotopic (exact) mass is 1060 g/mol. The Kier molecular flexibility index (Phi) is 63.1. The van der Waals surface area contributed by atoms with Crippen LogP contribution < -0.4 is 0 Å². The van der Waals surface area contributed by atoms with E-state index in [-0.39, 0.29) is 31.1 Å². The van der Waals surface area contributed by atoms with E-state index in [4.69, 9.17) is 14.2 Å². The molecule has 0 aromatic carbocycles. The lowest BCUT2D eigenvalue weighted by Gasteiger charge is -2.18. The molecule has 6 heteroatoms. The van der Waals surface area contributed by atoms with E-state index in [0.29, 0.717) is 19.3 Å². The molecule has 1 atom stereocenters. The third-order valence-corrected chi connectivity index (χ3v) is 15.8. The van der Waals surface area contributed by atoms with Crippen molar-refractivity contribution in [3.05, 3.63) is 12.2 Å². The minimum atomic E-state index is -0.769. The summed E-state index contributed by atoms with van der Waals surface area (Å²) in [7, 11) is 0. The molecule has 444 valence electrons. The van der Waals surface area contributed by atoms with Crippen molar-refractivity contribution in [3.8, 4) is 0 Å². The Hall–Kier alpha value is -1.85. The number of hydrogen-bond donors (Lipinski definition) is 0. The second-order valence-electron chi connectivity index (χ2n) is 23.5. The first-order chi connectivity index (χ1) is 37.0. The molecule has 0 heterocycles. The van der Waals surface area contributed by atoms with Gasteiger partial charge in [-0.15, -0.1) is 0 Å². The van der Waals surface area contributed by atoms with Crippen LogP contribution in [-0.4, -0.2) is 37.2 Å². The molecule has 0 aliphatic heterocycles. The SMILES string of the molecule is CCCCCC/C=C\CCCCCCCC(=O)OCC(COC(=O)CCCCCCCCCCCCCCCCCCCCCCCCCCCCC)OC(=O)CCCCCCCCCCCCCCCCCCC. The fraction of sp³-hybridized carbons (Fsp3) is 0.928. The summed E-state index contributed by atoms with van der Waals surface area (Å²) in [6.45, 7) is 6.70. The second kappa shape index (κ2) is 64.7. The van der Waals surface area contributed by atoms with Gasteiger partial charge in [0, 0.05) is 19.3 Å². The molecule has 0 radical (unpaired) electrons. The van der Waals surface area contributed by atoms with Crippen molar-refractivity contribution in [1.82, 2.24) is 0 Å². The maximum atomic E-state index is 12.9. The molecule has 0 aromatic rings. The van der Waals surface area contributed by atoms with Crippen LogP contribution in [0.25, 0.3) is 0 Å². The number of carbonyl (C=O) groups is 3. The van der Waals surface area contributed by atoms with Gasteiger partial charge in [-0.2, -0.15) is 0 Å². The fourth-order valence-corrected chi connectivity index (χ4v) is 10.6. The van der Waals surface area contributed by atoms with Gasteiger partial charge in [0.1, 0.15) is 13.2 Å². The van der Waals surface area contributed by atoms with Crippen LogP contribution in [0.1, 0.15) is 393 Å². The Morgan fingerprint density at radius 3 is 0.680 bits per heavy atom. The zero-order valence-electron chi connectivity index (χ0n) is 51.1. The van der Waals surface area contributed by atoms with Crippen molar-refractivity contribution >= 4 is 17.9 Å². The number of esters is 3. The van der Waals surface area contributed by atoms with Crippen molar-refractivity contribution in [2.24, 2.45) is 0 Å². The van der Waals surface area contributed by atoms with Crippen LogP contribution >= 0.6 is 0 Å². The summed E-state index contributed by atoms with van der Waals surface area (Å²) in [6.07, 6.45) is 76.7. The molecule has 6 nitrogen and oxygen atoms in total. The van der Waals surface area contributed by atoms with Crippen molar-refractivity contribution in [2.45, 2.75) is 399 Å². The van der Waals surface area contributed by atoms with Crippen LogP contribution in [0.5, 0.6) is 0 Å². The first-order valence-corrected chi connectivity index (χ1v) is 34.2. The quantitative estimate of drug-likeness (QED) is 0.0261. The summed E-state index contributed by atoms with van der Waals surface area (Å²) in [5.41, 5.74) is 0. The Morgan fingerprint density at radius 2 is 0.440 bits per heavy atom. The zero-order valence-corrected chi connectivity index (χ0v) is 51.1. The highest BCUT2D eigenvalue weighted by Crippen LogP contribution is 2.19. The summed E-state index contributed by atoms with van der Waals surface area (Å²) >= 11 is 0. The average Bonchev–Trinajstić information content (AvgIpc) is 3.41. The first-order valence-electron chi connectivity index (χ1n) is 34.2. The molecule has 0 rings (SSSR count). The van der Waals surface area contributed by atoms with Gasteiger partial charge in [0.2, 0.25) is 0 Å². The van der Waals surface area contributed by atoms with Gasteiger partial charge in [-0.3, -0.25) is 14.4 Å². The number of rotatable bonds is 64. The van der Waals surface area contributed by atoms with E-state index in [0.717, 1.165) is 64.2 Å². The minimum Gasteiger partial charge on any atom is -0.462 e. The van der Waals surface area contributed by atoms with Crippen molar-refractivity contribution in [3.63, 3.8) is 0 Å². The lowest BCUT2D eigenvalue weighted by Crippen LogP contribution is -2.30. The van der Waals surface area contributed by atoms with E-state index in [2.05, 4.69) is 32.9 Å². The average molecular weight is 1060 g/mol. The normalized spacial score (nSPS) is 12.0. The lowest BCUT2D eigenvalue weighted by molar-refractivity contribution is -0.167. The molecule has 0 aliphatic rings. The molecular formula is C69H132O6. The largest absolute Gasteiger partial charge is 0.462 e. The summed E-state index contributed by atoms with van der Waals surface area (Å²) < 4.78 is 17.0. The summed E-state index contributed by atoms with van der Waals surface area (Å²) in [6, 6.07) is 0. The van der Waals surface area contributed by atoms with Crippen LogP contribution in [0, 0.1) is 0 Å². The molecule has 0 saturated carbocycles. The summed E-state index contributed by atoms with van der Waals surface area (Å²) in [5, 5.41) is 0. The number of ether oxygens (including phenoxy) is 3. The maximum Gasteiger partial charge on any atom is 0.306 e. The molecular weight excluding hydrogens is 925 g/mol.